The van der Waals surface area contributed by atoms with E-state index in [1.165, 1.54) is 51.4 Å². The summed E-state index contributed by atoms with van der Waals surface area (Å²) in [6.45, 7) is 4.07. The van der Waals surface area contributed by atoms with Crippen LogP contribution in [0, 0.1) is 11.8 Å². The zero-order chi connectivity index (χ0) is 18.2. The van der Waals surface area contributed by atoms with Crippen LogP contribution in [0.3, 0.4) is 0 Å². The zero-order valence-electron chi connectivity index (χ0n) is 16.3. The monoisotopic (exact) mass is 372 g/mol. The van der Waals surface area contributed by atoms with E-state index in [0.717, 1.165) is 44.8 Å². The van der Waals surface area contributed by atoms with Crippen LogP contribution >= 0.6 is 0 Å². The van der Waals surface area contributed by atoms with E-state index in [4.69, 9.17) is 0 Å². The van der Waals surface area contributed by atoms with Crippen LogP contribution < -0.4 is 0 Å². The molecule has 1 atom stereocenters. The Morgan fingerprint density at radius 2 is 1.74 bits per heavy atom. The second-order valence-electron chi connectivity index (χ2n) is 9.11. The molecule has 1 aromatic heterocycles. The van der Waals surface area contributed by atoms with E-state index in [1.807, 2.05) is 4.68 Å². The first-order valence-electron chi connectivity index (χ1n) is 11.1. The fourth-order valence-electron chi connectivity index (χ4n) is 5.08. The lowest BCUT2D eigenvalue weighted by Crippen LogP contribution is -2.48. The van der Waals surface area contributed by atoms with Gasteiger partial charge in [0.2, 0.25) is 5.91 Å². The summed E-state index contributed by atoms with van der Waals surface area (Å²) in [5.41, 5.74) is 0. The Morgan fingerprint density at radius 1 is 0.926 bits per heavy atom. The van der Waals surface area contributed by atoms with Gasteiger partial charge >= 0.3 is 0 Å². The van der Waals surface area contributed by atoms with Gasteiger partial charge in [0.15, 0.2) is 5.82 Å². The van der Waals surface area contributed by atoms with Gasteiger partial charge in [-0.3, -0.25) is 9.69 Å². The van der Waals surface area contributed by atoms with Gasteiger partial charge in [0.1, 0.15) is 0 Å². The van der Waals surface area contributed by atoms with E-state index < -0.39 is 0 Å². The Kier molecular flexibility index (Phi) is 4.88. The maximum Gasteiger partial charge on any atom is 0.225 e. The number of carbonyl (C=O) groups is 1. The van der Waals surface area contributed by atoms with Crippen LogP contribution in [0.2, 0.25) is 0 Å². The molecule has 1 amide bonds. The minimum absolute atomic E-state index is 0.354. The Morgan fingerprint density at radius 3 is 2.48 bits per heavy atom. The lowest BCUT2D eigenvalue weighted by atomic mass is 9.86. The Balaban J connectivity index is 1.19. The average molecular weight is 373 g/mol. The summed E-state index contributed by atoms with van der Waals surface area (Å²) in [6.07, 6.45) is 12.0. The van der Waals surface area contributed by atoms with Crippen molar-refractivity contribution in [3.8, 4) is 0 Å². The number of hydrogen-bond donors (Lipinski definition) is 0. The molecule has 2 aliphatic heterocycles. The normalized spacial score (nSPS) is 28.3. The highest BCUT2D eigenvalue weighted by Crippen LogP contribution is 2.37. The third kappa shape index (κ3) is 3.89. The molecular weight excluding hydrogens is 340 g/mol. The highest BCUT2D eigenvalue weighted by molar-refractivity contribution is 5.81. The van der Waals surface area contributed by atoms with Crippen LogP contribution in [-0.2, 0) is 11.3 Å². The van der Waals surface area contributed by atoms with E-state index in [0.29, 0.717) is 29.8 Å². The number of amides is 1. The van der Waals surface area contributed by atoms with Crippen molar-refractivity contribution in [2.75, 3.05) is 19.6 Å². The van der Waals surface area contributed by atoms with Crippen molar-refractivity contribution < 1.29 is 4.79 Å². The molecule has 5 rings (SSSR count). The van der Waals surface area contributed by atoms with Crippen molar-refractivity contribution in [3.05, 3.63) is 5.82 Å². The standard InChI is InChI=1S/C20H32N6O/c27-20(16-5-6-16)25-11-3-1-2-4-18(25)15-9-12-24(13-10-15)14-19-21-22-23-26(19)17-7-8-17/h15-18H,1-14H2. The second-order valence-corrected chi connectivity index (χ2v) is 9.11. The Labute approximate surface area is 161 Å². The average Bonchev–Trinajstić information content (AvgIpc) is 3.60. The smallest absolute Gasteiger partial charge is 0.225 e. The molecule has 1 aromatic rings. The minimum Gasteiger partial charge on any atom is -0.339 e. The fourth-order valence-corrected chi connectivity index (χ4v) is 5.08. The highest BCUT2D eigenvalue weighted by atomic mass is 16.2. The topological polar surface area (TPSA) is 67.2 Å². The third-order valence-electron chi connectivity index (χ3n) is 7.00. The summed E-state index contributed by atoms with van der Waals surface area (Å²) in [6, 6.07) is 1.03. The molecule has 4 aliphatic rings. The molecule has 7 heteroatoms. The van der Waals surface area contributed by atoms with Crippen molar-refractivity contribution in [1.29, 1.82) is 0 Å². The highest BCUT2D eigenvalue weighted by Gasteiger charge is 2.40. The van der Waals surface area contributed by atoms with Crippen molar-refractivity contribution in [2.45, 2.75) is 82.8 Å². The van der Waals surface area contributed by atoms with Crippen LogP contribution in [0.25, 0.3) is 0 Å². The summed E-state index contributed by atoms with van der Waals surface area (Å²) >= 11 is 0. The summed E-state index contributed by atoms with van der Waals surface area (Å²) in [5.74, 6) is 2.51. The van der Waals surface area contributed by atoms with Gasteiger partial charge in [0.25, 0.3) is 0 Å². The first-order valence-corrected chi connectivity index (χ1v) is 11.1. The molecule has 148 valence electrons. The molecule has 0 aromatic carbocycles. The summed E-state index contributed by atoms with van der Waals surface area (Å²) < 4.78 is 2.04. The molecule has 2 saturated carbocycles. The van der Waals surface area contributed by atoms with Gasteiger partial charge in [0, 0.05) is 18.5 Å². The predicted octanol–water partition coefficient (Wildman–Crippen LogP) is 2.40. The zero-order valence-corrected chi connectivity index (χ0v) is 16.3. The Bertz CT molecular complexity index is 659. The first-order chi connectivity index (χ1) is 13.3. The number of carbonyl (C=O) groups excluding carboxylic acids is 1. The molecular formula is C20H32N6O. The van der Waals surface area contributed by atoms with Crippen LogP contribution in [0.5, 0.6) is 0 Å². The van der Waals surface area contributed by atoms with Crippen molar-refractivity contribution in [2.24, 2.45) is 11.8 Å². The molecule has 0 spiro atoms. The van der Waals surface area contributed by atoms with Crippen LogP contribution in [0.1, 0.15) is 76.1 Å². The van der Waals surface area contributed by atoms with Gasteiger partial charge in [0.05, 0.1) is 12.6 Å². The minimum atomic E-state index is 0.354. The first kappa shape index (κ1) is 17.6. The van der Waals surface area contributed by atoms with Crippen molar-refractivity contribution >= 4 is 5.91 Å². The van der Waals surface area contributed by atoms with E-state index in [-0.39, 0.29) is 0 Å². The number of nitrogens with zero attached hydrogens (tertiary/aromatic N) is 6. The number of hydrogen-bond acceptors (Lipinski definition) is 5. The van der Waals surface area contributed by atoms with Gasteiger partial charge in [-0.25, -0.2) is 4.68 Å². The van der Waals surface area contributed by atoms with E-state index in [9.17, 15) is 4.79 Å². The maximum atomic E-state index is 12.8. The SMILES string of the molecule is O=C(C1CC1)N1CCCCCC1C1CCN(Cc2nnnn2C2CC2)CC1. The van der Waals surface area contributed by atoms with Gasteiger partial charge in [-0.2, -0.15) is 0 Å². The number of likely N-dealkylation sites (tertiary alicyclic amines) is 2. The van der Waals surface area contributed by atoms with Gasteiger partial charge in [-0.15, -0.1) is 5.10 Å². The summed E-state index contributed by atoms with van der Waals surface area (Å²) in [5, 5.41) is 12.3. The largest absolute Gasteiger partial charge is 0.339 e. The van der Waals surface area contributed by atoms with E-state index in [1.54, 1.807) is 0 Å². The van der Waals surface area contributed by atoms with Crippen LogP contribution in [-0.4, -0.2) is 61.6 Å². The lowest BCUT2D eigenvalue weighted by molar-refractivity contribution is -0.136. The molecule has 2 aliphatic carbocycles. The molecule has 1 unspecified atom stereocenters. The fraction of sp³-hybridized carbons (Fsp3) is 0.900. The van der Waals surface area contributed by atoms with Crippen LogP contribution in [0.15, 0.2) is 0 Å². The number of aromatic nitrogens is 4. The molecule has 27 heavy (non-hydrogen) atoms. The van der Waals surface area contributed by atoms with Crippen LogP contribution in [0.4, 0.5) is 0 Å². The van der Waals surface area contributed by atoms with Gasteiger partial charge in [-0.05, 0) is 80.8 Å². The van der Waals surface area contributed by atoms with E-state index in [2.05, 4.69) is 25.3 Å². The molecule has 4 fully saturated rings. The Hall–Kier alpha value is -1.50. The number of rotatable bonds is 5. The number of tetrazole rings is 1. The number of piperidine rings is 1. The maximum absolute atomic E-state index is 12.8. The van der Waals surface area contributed by atoms with Crippen molar-refractivity contribution in [1.82, 2.24) is 30.0 Å². The van der Waals surface area contributed by atoms with Gasteiger partial charge < -0.3 is 4.90 Å². The van der Waals surface area contributed by atoms with E-state index >= 15 is 0 Å². The molecule has 0 N–H and O–H groups in total. The molecule has 3 heterocycles. The molecule has 2 saturated heterocycles. The lowest BCUT2D eigenvalue weighted by Gasteiger charge is -2.40. The van der Waals surface area contributed by atoms with Crippen molar-refractivity contribution in [3.63, 3.8) is 0 Å². The quantitative estimate of drug-likeness (QED) is 0.794. The summed E-state index contributed by atoms with van der Waals surface area (Å²) in [4.78, 5) is 17.6. The molecule has 0 radical (unpaired) electrons. The second kappa shape index (κ2) is 7.49. The third-order valence-corrected chi connectivity index (χ3v) is 7.00. The van der Waals surface area contributed by atoms with Gasteiger partial charge in [-0.1, -0.05) is 12.8 Å². The molecule has 0 bridgehead atoms. The predicted molar refractivity (Wildman–Crippen MR) is 101 cm³/mol. The summed E-state index contributed by atoms with van der Waals surface area (Å²) in [7, 11) is 0. The molecule has 7 nitrogen and oxygen atoms in total.